The van der Waals surface area contributed by atoms with Crippen molar-refractivity contribution in [1.29, 1.82) is 5.26 Å². The molecule has 126 valence electrons. The van der Waals surface area contributed by atoms with Crippen molar-refractivity contribution in [3.8, 4) is 11.8 Å². The number of allylic oxidation sites excluding steroid dienone is 1. The van der Waals surface area contributed by atoms with Crippen LogP contribution in [0.15, 0.2) is 60.8 Å². The molecular weight excluding hydrogens is 344 g/mol. The Morgan fingerprint density at radius 2 is 2.00 bits per heavy atom. The molecule has 2 heterocycles. The molecule has 0 atom stereocenters. The molecule has 4 aromatic rings. The molecule has 1 N–H and O–H groups in total. The highest BCUT2D eigenvalue weighted by Crippen LogP contribution is 2.22. The van der Waals surface area contributed by atoms with E-state index in [9.17, 15) is 5.26 Å². The minimum Gasteiger partial charge on any atom is -0.337 e. The molecule has 0 spiro atoms. The van der Waals surface area contributed by atoms with Crippen LogP contribution in [0.25, 0.3) is 28.4 Å². The minimum absolute atomic E-state index is 0.479. The fraction of sp³-hybridized carbons (Fsp3) is 0.0476. The Kier molecular flexibility index (Phi) is 4.08. The third-order valence-electron chi connectivity index (χ3n) is 4.19. The van der Waals surface area contributed by atoms with Crippen LogP contribution in [0.5, 0.6) is 0 Å². The second-order valence-electron chi connectivity index (χ2n) is 6.06. The molecule has 0 saturated carbocycles. The number of aryl methyl sites for hydroxylation is 1. The van der Waals surface area contributed by atoms with Crippen LogP contribution < -0.4 is 0 Å². The van der Waals surface area contributed by atoms with Gasteiger partial charge in [-0.1, -0.05) is 17.7 Å². The van der Waals surface area contributed by atoms with Crippen LogP contribution in [0, 0.1) is 18.3 Å². The summed E-state index contributed by atoms with van der Waals surface area (Å²) in [5.41, 5.74) is 5.26. The number of hydrogen-bond acceptors (Lipinski definition) is 2. The highest BCUT2D eigenvalue weighted by atomic mass is 35.5. The Bertz CT molecular complexity index is 1160. The second kappa shape index (κ2) is 6.55. The van der Waals surface area contributed by atoms with Crippen molar-refractivity contribution >= 4 is 34.3 Å². The number of aromatic nitrogens is 3. The van der Waals surface area contributed by atoms with Gasteiger partial charge >= 0.3 is 0 Å². The number of halogens is 1. The van der Waals surface area contributed by atoms with Crippen LogP contribution in [0.3, 0.4) is 0 Å². The largest absolute Gasteiger partial charge is 0.337 e. The fourth-order valence-corrected chi connectivity index (χ4v) is 3.03. The highest BCUT2D eigenvalue weighted by Gasteiger charge is 2.10. The zero-order chi connectivity index (χ0) is 18.1. The quantitative estimate of drug-likeness (QED) is 0.500. The van der Waals surface area contributed by atoms with Crippen LogP contribution in [-0.4, -0.2) is 14.5 Å². The molecule has 4 rings (SSSR count). The van der Waals surface area contributed by atoms with Gasteiger partial charge in [0.2, 0.25) is 0 Å². The topological polar surface area (TPSA) is 57.4 Å². The van der Waals surface area contributed by atoms with E-state index in [0.29, 0.717) is 16.4 Å². The van der Waals surface area contributed by atoms with Gasteiger partial charge in [0.15, 0.2) is 0 Å². The van der Waals surface area contributed by atoms with Crippen LogP contribution in [0.4, 0.5) is 0 Å². The molecule has 5 heteroatoms. The van der Waals surface area contributed by atoms with Gasteiger partial charge in [-0.25, -0.2) is 4.98 Å². The van der Waals surface area contributed by atoms with Crippen molar-refractivity contribution in [3.05, 3.63) is 82.9 Å². The van der Waals surface area contributed by atoms with E-state index in [1.807, 2.05) is 78.4 Å². The van der Waals surface area contributed by atoms with Gasteiger partial charge in [-0.05, 0) is 67.1 Å². The Balaban J connectivity index is 1.77. The summed E-state index contributed by atoms with van der Waals surface area (Å²) in [6.45, 7) is 2.03. The number of fused-ring (bicyclic) bond motifs is 1. The second-order valence-corrected chi connectivity index (χ2v) is 6.49. The van der Waals surface area contributed by atoms with Gasteiger partial charge in [-0.2, -0.15) is 5.26 Å². The molecule has 0 fully saturated rings. The van der Waals surface area contributed by atoms with Gasteiger partial charge in [-0.3, -0.25) is 0 Å². The first kappa shape index (κ1) is 16.2. The van der Waals surface area contributed by atoms with E-state index in [1.165, 1.54) is 0 Å². The number of rotatable bonds is 3. The number of hydrogen-bond donors (Lipinski definition) is 1. The van der Waals surface area contributed by atoms with E-state index < -0.39 is 0 Å². The average molecular weight is 359 g/mol. The van der Waals surface area contributed by atoms with E-state index in [2.05, 4.69) is 16.0 Å². The highest BCUT2D eigenvalue weighted by molar-refractivity contribution is 6.30. The van der Waals surface area contributed by atoms with Crippen LogP contribution in [-0.2, 0) is 0 Å². The summed E-state index contributed by atoms with van der Waals surface area (Å²) in [7, 11) is 0. The summed E-state index contributed by atoms with van der Waals surface area (Å²) >= 11 is 5.97. The first-order valence-electron chi connectivity index (χ1n) is 8.16. The fourth-order valence-electron chi connectivity index (χ4n) is 2.90. The zero-order valence-corrected chi connectivity index (χ0v) is 14.8. The molecular formula is C21H15ClN4. The molecule has 0 amide bonds. The molecule has 26 heavy (non-hydrogen) atoms. The van der Waals surface area contributed by atoms with Gasteiger partial charge in [0.05, 0.1) is 16.6 Å². The van der Waals surface area contributed by atoms with Gasteiger partial charge in [0, 0.05) is 22.6 Å². The summed E-state index contributed by atoms with van der Waals surface area (Å²) in [5, 5.41) is 10.3. The third kappa shape index (κ3) is 3.01. The van der Waals surface area contributed by atoms with Crippen molar-refractivity contribution in [2.45, 2.75) is 6.92 Å². The molecule has 0 aliphatic rings. The van der Waals surface area contributed by atoms with Gasteiger partial charge in [0.25, 0.3) is 0 Å². The number of aromatic amines is 1. The van der Waals surface area contributed by atoms with Crippen molar-refractivity contribution in [1.82, 2.24) is 14.5 Å². The Labute approximate surface area is 156 Å². The zero-order valence-electron chi connectivity index (χ0n) is 14.1. The predicted molar refractivity (Wildman–Crippen MR) is 105 cm³/mol. The van der Waals surface area contributed by atoms with Gasteiger partial charge in [0.1, 0.15) is 11.9 Å². The van der Waals surface area contributed by atoms with E-state index >= 15 is 0 Å². The number of imidazole rings is 1. The lowest BCUT2D eigenvalue weighted by atomic mass is 10.2. The SMILES string of the molecule is Cc1ccc2nc(/C(C#N)=C\c3cccn3-c3ccc(Cl)cc3)[nH]c2c1. The Hall–Kier alpha value is -3.29. The summed E-state index contributed by atoms with van der Waals surface area (Å²) in [4.78, 5) is 7.78. The summed E-state index contributed by atoms with van der Waals surface area (Å²) < 4.78 is 2.00. The van der Waals surface area contributed by atoms with Gasteiger partial charge < -0.3 is 9.55 Å². The Morgan fingerprint density at radius 3 is 2.77 bits per heavy atom. The normalized spacial score (nSPS) is 11.7. The van der Waals surface area contributed by atoms with Crippen LogP contribution >= 0.6 is 11.6 Å². The number of benzene rings is 2. The molecule has 4 nitrogen and oxygen atoms in total. The first-order chi connectivity index (χ1) is 12.6. The lowest BCUT2D eigenvalue weighted by Crippen LogP contribution is -1.95. The molecule has 0 radical (unpaired) electrons. The predicted octanol–water partition coefficient (Wildman–Crippen LogP) is 5.38. The lowest BCUT2D eigenvalue weighted by molar-refractivity contribution is 1.06. The van der Waals surface area contributed by atoms with Crippen molar-refractivity contribution in [2.75, 3.05) is 0 Å². The van der Waals surface area contributed by atoms with Crippen molar-refractivity contribution in [3.63, 3.8) is 0 Å². The molecule has 0 saturated heterocycles. The number of H-pyrrole nitrogens is 1. The number of nitriles is 1. The van der Waals surface area contributed by atoms with Crippen LogP contribution in [0.2, 0.25) is 5.02 Å². The third-order valence-corrected chi connectivity index (χ3v) is 4.44. The first-order valence-corrected chi connectivity index (χ1v) is 8.54. The van der Waals surface area contributed by atoms with Crippen molar-refractivity contribution in [2.24, 2.45) is 0 Å². The summed E-state index contributed by atoms with van der Waals surface area (Å²) in [5.74, 6) is 0.567. The molecule has 2 aromatic carbocycles. The van der Waals surface area contributed by atoms with E-state index in [4.69, 9.17) is 11.6 Å². The number of nitrogens with zero attached hydrogens (tertiary/aromatic N) is 3. The van der Waals surface area contributed by atoms with E-state index in [-0.39, 0.29) is 0 Å². The maximum atomic E-state index is 9.65. The standard InChI is InChI=1S/C21H15ClN4/c1-14-4-9-19-20(11-14)25-21(24-19)15(13-23)12-18-3-2-10-26(18)17-7-5-16(22)6-8-17/h2-12H,1H3,(H,24,25)/b15-12-. The smallest absolute Gasteiger partial charge is 0.149 e. The van der Waals surface area contributed by atoms with E-state index in [1.54, 1.807) is 0 Å². The van der Waals surface area contributed by atoms with Crippen LogP contribution in [0.1, 0.15) is 17.1 Å². The molecule has 0 aliphatic heterocycles. The lowest BCUT2D eigenvalue weighted by Gasteiger charge is -2.07. The maximum Gasteiger partial charge on any atom is 0.149 e. The maximum absolute atomic E-state index is 9.65. The minimum atomic E-state index is 0.479. The monoisotopic (exact) mass is 358 g/mol. The Morgan fingerprint density at radius 1 is 1.19 bits per heavy atom. The van der Waals surface area contributed by atoms with Gasteiger partial charge in [-0.15, -0.1) is 0 Å². The molecule has 0 unspecified atom stereocenters. The average Bonchev–Trinajstić information content (AvgIpc) is 3.26. The molecule has 0 aliphatic carbocycles. The molecule has 0 bridgehead atoms. The molecule has 2 aromatic heterocycles. The number of nitrogens with one attached hydrogen (secondary N) is 1. The van der Waals surface area contributed by atoms with E-state index in [0.717, 1.165) is 28.0 Å². The summed E-state index contributed by atoms with van der Waals surface area (Å²) in [6, 6.07) is 19.7. The summed E-state index contributed by atoms with van der Waals surface area (Å²) in [6.07, 6.45) is 3.78. The van der Waals surface area contributed by atoms with Crippen molar-refractivity contribution < 1.29 is 0 Å².